The molecule has 1 aliphatic heterocycles. The monoisotopic (exact) mass is 385 g/mol. The van der Waals surface area contributed by atoms with Crippen LogP contribution in [0.2, 0.25) is 5.02 Å². The summed E-state index contributed by atoms with van der Waals surface area (Å²) in [4.78, 5) is 42.3. The van der Waals surface area contributed by atoms with Gasteiger partial charge in [-0.3, -0.25) is 19.3 Å². The first kappa shape index (κ1) is 16.7. The van der Waals surface area contributed by atoms with E-state index in [4.69, 9.17) is 11.6 Å². The van der Waals surface area contributed by atoms with E-state index in [1.54, 1.807) is 36.4 Å². The normalized spacial score (nSPS) is 13.4. The van der Waals surface area contributed by atoms with Crippen LogP contribution in [0.25, 0.3) is 10.2 Å². The third-order valence-corrected chi connectivity index (χ3v) is 5.21. The van der Waals surface area contributed by atoms with Crippen LogP contribution in [0.1, 0.15) is 26.3 Å². The Labute approximate surface area is 157 Å². The van der Waals surface area contributed by atoms with Gasteiger partial charge in [-0.2, -0.15) is 0 Å². The number of anilines is 1. The van der Waals surface area contributed by atoms with E-state index in [-0.39, 0.29) is 6.54 Å². The summed E-state index contributed by atoms with van der Waals surface area (Å²) in [5.74, 6) is -1.41. The largest absolute Gasteiger partial charge is 0.300 e. The van der Waals surface area contributed by atoms with Gasteiger partial charge in [0.1, 0.15) is 6.54 Å². The number of nitrogens with one attached hydrogen (secondary N) is 1. The molecular formula is C18H12ClN3O3S. The maximum Gasteiger partial charge on any atom is 0.262 e. The third kappa shape index (κ3) is 2.75. The second-order valence-corrected chi connectivity index (χ2v) is 7.35. The third-order valence-electron chi connectivity index (χ3n) is 4.08. The van der Waals surface area contributed by atoms with Crippen LogP contribution in [0.4, 0.5) is 5.13 Å². The number of imide groups is 1. The van der Waals surface area contributed by atoms with E-state index in [9.17, 15) is 14.4 Å². The summed E-state index contributed by atoms with van der Waals surface area (Å²) in [7, 11) is 0. The summed E-state index contributed by atoms with van der Waals surface area (Å²) in [6.07, 6.45) is 0. The Kier molecular flexibility index (Phi) is 3.97. The Morgan fingerprint density at radius 2 is 1.85 bits per heavy atom. The van der Waals surface area contributed by atoms with Crippen molar-refractivity contribution in [1.82, 2.24) is 9.88 Å². The molecule has 0 aliphatic carbocycles. The molecule has 0 saturated carbocycles. The minimum absolute atomic E-state index is 0.315. The smallest absolute Gasteiger partial charge is 0.262 e. The second kappa shape index (κ2) is 6.19. The van der Waals surface area contributed by atoms with Crippen molar-refractivity contribution >= 4 is 56.0 Å². The molecule has 0 fully saturated rings. The van der Waals surface area contributed by atoms with E-state index in [1.807, 2.05) is 6.92 Å². The molecule has 8 heteroatoms. The van der Waals surface area contributed by atoms with Crippen molar-refractivity contribution in [2.75, 3.05) is 11.9 Å². The highest BCUT2D eigenvalue weighted by atomic mass is 35.5. The van der Waals surface area contributed by atoms with Crippen LogP contribution in [-0.4, -0.2) is 34.2 Å². The van der Waals surface area contributed by atoms with Crippen molar-refractivity contribution in [2.45, 2.75) is 6.92 Å². The summed E-state index contributed by atoms with van der Waals surface area (Å²) >= 11 is 7.32. The number of amides is 3. The summed E-state index contributed by atoms with van der Waals surface area (Å²) in [5, 5.41) is 3.65. The quantitative estimate of drug-likeness (QED) is 0.700. The highest BCUT2D eigenvalue weighted by molar-refractivity contribution is 7.22. The molecule has 1 aliphatic rings. The summed E-state index contributed by atoms with van der Waals surface area (Å²) in [6, 6.07) is 10.1. The van der Waals surface area contributed by atoms with Gasteiger partial charge in [0.05, 0.1) is 21.3 Å². The van der Waals surface area contributed by atoms with Crippen molar-refractivity contribution in [3.63, 3.8) is 0 Å². The van der Waals surface area contributed by atoms with Gasteiger partial charge in [0.2, 0.25) is 5.91 Å². The second-order valence-electron chi connectivity index (χ2n) is 5.88. The fourth-order valence-corrected chi connectivity index (χ4v) is 4.23. The van der Waals surface area contributed by atoms with Crippen molar-refractivity contribution in [1.29, 1.82) is 0 Å². The lowest BCUT2D eigenvalue weighted by Gasteiger charge is -2.12. The number of carbonyl (C=O) groups is 3. The molecule has 0 bridgehead atoms. The maximum absolute atomic E-state index is 12.3. The molecule has 3 aromatic rings. The van der Waals surface area contributed by atoms with Crippen LogP contribution in [-0.2, 0) is 4.79 Å². The van der Waals surface area contributed by atoms with Crippen molar-refractivity contribution in [3.05, 3.63) is 58.1 Å². The van der Waals surface area contributed by atoms with Gasteiger partial charge in [-0.05, 0) is 36.8 Å². The first-order chi connectivity index (χ1) is 12.4. The first-order valence-corrected chi connectivity index (χ1v) is 8.95. The Balaban J connectivity index is 1.52. The number of thiazole rings is 1. The van der Waals surface area contributed by atoms with Gasteiger partial charge in [0, 0.05) is 5.02 Å². The average molecular weight is 386 g/mol. The minimum atomic E-state index is -0.484. The molecule has 26 heavy (non-hydrogen) atoms. The zero-order valence-electron chi connectivity index (χ0n) is 13.6. The lowest BCUT2D eigenvalue weighted by atomic mass is 10.1. The van der Waals surface area contributed by atoms with Gasteiger partial charge >= 0.3 is 0 Å². The van der Waals surface area contributed by atoms with Gasteiger partial charge in [0.25, 0.3) is 11.8 Å². The molecule has 130 valence electrons. The number of hydrogen-bond donors (Lipinski definition) is 1. The van der Waals surface area contributed by atoms with E-state index < -0.39 is 17.7 Å². The molecule has 3 amide bonds. The molecule has 0 atom stereocenters. The number of aryl methyl sites for hydroxylation is 1. The highest BCUT2D eigenvalue weighted by Gasteiger charge is 2.36. The number of hydrogen-bond acceptors (Lipinski definition) is 5. The molecule has 1 aromatic heterocycles. The lowest BCUT2D eigenvalue weighted by molar-refractivity contribution is -0.116. The standard InChI is InChI=1S/C18H12ClN3O3S/c1-9-6-10(19)7-13-15(9)21-18(26-13)20-14(23)8-22-16(24)11-4-2-3-5-12(11)17(22)25/h2-7H,8H2,1H3,(H,20,21,23). The van der Waals surface area contributed by atoms with Gasteiger partial charge in [-0.25, -0.2) is 4.98 Å². The van der Waals surface area contributed by atoms with Gasteiger partial charge in [-0.15, -0.1) is 0 Å². The van der Waals surface area contributed by atoms with Crippen LogP contribution in [0.15, 0.2) is 36.4 Å². The topological polar surface area (TPSA) is 79.4 Å². The van der Waals surface area contributed by atoms with Crippen LogP contribution in [0, 0.1) is 6.92 Å². The number of nitrogens with zero attached hydrogens (tertiary/aromatic N) is 2. The van der Waals surface area contributed by atoms with E-state index in [2.05, 4.69) is 10.3 Å². The molecule has 2 heterocycles. The van der Waals surface area contributed by atoms with Crippen LogP contribution in [0.3, 0.4) is 0 Å². The lowest BCUT2D eigenvalue weighted by Crippen LogP contribution is -2.37. The molecule has 0 spiro atoms. The number of benzene rings is 2. The average Bonchev–Trinajstić information content (AvgIpc) is 3.10. The SMILES string of the molecule is Cc1cc(Cl)cc2sc(NC(=O)CN3C(=O)c4ccccc4C3=O)nc12. The van der Waals surface area contributed by atoms with Gasteiger partial charge < -0.3 is 5.32 Å². The zero-order valence-corrected chi connectivity index (χ0v) is 15.1. The molecule has 0 saturated heterocycles. The fourth-order valence-electron chi connectivity index (χ4n) is 2.89. The van der Waals surface area contributed by atoms with E-state index in [0.29, 0.717) is 21.3 Å². The Morgan fingerprint density at radius 3 is 2.50 bits per heavy atom. The van der Waals surface area contributed by atoms with Gasteiger partial charge in [0.15, 0.2) is 5.13 Å². The van der Waals surface area contributed by atoms with Crippen molar-refractivity contribution < 1.29 is 14.4 Å². The Hall–Kier alpha value is -2.77. The fraction of sp³-hybridized carbons (Fsp3) is 0.111. The number of aromatic nitrogens is 1. The van der Waals surface area contributed by atoms with Crippen molar-refractivity contribution in [3.8, 4) is 0 Å². The minimum Gasteiger partial charge on any atom is -0.300 e. The zero-order chi connectivity index (χ0) is 18.4. The molecule has 1 N–H and O–H groups in total. The van der Waals surface area contributed by atoms with E-state index in [0.717, 1.165) is 20.7 Å². The van der Waals surface area contributed by atoms with E-state index in [1.165, 1.54) is 11.3 Å². The summed E-state index contributed by atoms with van der Waals surface area (Å²) < 4.78 is 0.853. The van der Waals surface area contributed by atoms with Crippen LogP contribution in [0.5, 0.6) is 0 Å². The predicted octanol–water partition coefficient (Wildman–Crippen LogP) is 3.49. The molecule has 4 rings (SSSR count). The predicted molar refractivity (Wildman–Crippen MR) is 99.8 cm³/mol. The van der Waals surface area contributed by atoms with E-state index >= 15 is 0 Å². The summed E-state index contributed by atoms with van der Waals surface area (Å²) in [6.45, 7) is 1.53. The van der Waals surface area contributed by atoms with Crippen molar-refractivity contribution in [2.24, 2.45) is 0 Å². The number of rotatable bonds is 3. The van der Waals surface area contributed by atoms with Gasteiger partial charge in [-0.1, -0.05) is 35.1 Å². The molecule has 0 radical (unpaired) electrons. The molecule has 2 aromatic carbocycles. The maximum atomic E-state index is 12.3. The van der Waals surface area contributed by atoms with Crippen LogP contribution < -0.4 is 5.32 Å². The number of halogens is 1. The number of carbonyl (C=O) groups excluding carboxylic acids is 3. The Bertz CT molecular complexity index is 1060. The molecule has 6 nitrogen and oxygen atoms in total. The highest BCUT2D eigenvalue weighted by Crippen LogP contribution is 2.31. The molecular weight excluding hydrogens is 374 g/mol. The Morgan fingerprint density at radius 1 is 1.19 bits per heavy atom. The number of fused-ring (bicyclic) bond motifs is 2. The van der Waals surface area contributed by atoms with Crippen LogP contribution >= 0.6 is 22.9 Å². The molecule has 0 unspecified atom stereocenters. The summed E-state index contributed by atoms with van der Waals surface area (Å²) in [5.41, 5.74) is 2.30. The first-order valence-electron chi connectivity index (χ1n) is 7.76.